The Balaban J connectivity index is 1.29. The fraction of sp³-hybridized carbons (Fsp3) is 0.174. The molecule has 0 radical (unpaired) electrons. The molecule has 0 saturated carbocycles. The summed E-state index contributed by atoms with van der Waals surface area (Å²) in [6, 6.07) is 17.6. The topological polar surface area (TPSA) is 87.8 Å². The Kier molecular flexibility index (Phi) is 6.66. The van der Waals surface area contributed by atoms with E-state index in [2.05, 4.69) is 26.2 Å². The summed E-state index contributed by atoms with van der Waals surface area (Å²) >= 11 is 4.52. The van der Waals surface area contributed by atoms with Crippen molar-refractivity contribution in [2.75, 3.05) is 28.8 Å². The van der Waals surface area contributed by atoms with Crippen molar-refractivity contribution in [3.05, 3.63) is 60.0 Å². The number of carbonyl (C=O) groups excluding carboxylic acids is 1. The normalized spacial score (nSPS) is 15.6. The van der Waals surface area contributed by atoms with Crippen molar-refractivity contribution in [1.29, 1.82) is 0 Å². The van der Waals surface area contributed by atoms with Crippen molar-refractivity contribution in [3.8, 4) is 5.82 Å². The molecule has 0 aliphatic carbocycles. The van der Waals surface area contributed by atoms with Crippen molar-refractivity contribution < 1.29 is 4.79 Å². The summed E-state index contributed by atoms with van der Waals surface area (Å²) in [5, 5.41) is 16.3. The molecule has 0 bridgehead atoms. The van der Waals surface area contributed by atoms with E-state index >= 15 is 0 Å². The van der Waals surface area contributed by atoms with Gasteiger partial charge in [0.25, 0.3) is 0 Å². The Bertz CT molecular complexity index is 1390. The van der Waals surface area contributed by atoms with E-state index in [0.29, 0.717) is 17.5 Å². The smallest absolute Gasteiger partial charge is 0.243 e. The van der Waals surface area contributed by atoms with Gasteiger partial charge in [0.1, 0.15) is 0 Å². The molecule has 1 amide bonds. The minimum Gasteiger partial charge on any atom is -0.356 e. The Hall–Kier alpha value is -3.15. The van der Waals surface area contributed by atoms with Crippen LogP contribution in [0, 0.1) is 0 Å². The number of nitrogens with one attached hydrogen (secondary N) is 1. The number of rotatable bonds is 7. The van der Waals surface area contributed by atoms with Crippen LogP contribution in [-0.4, -0.2) is 49.9 Å². The summed E-state index contributed by atoms with van der Waals surface area (Å²) in [6.45, 7) is 2.39. The van der Waals surface area contributed by atoms with Crippen LogP contribution in [0.4, 0.5) is 10.8 Å². The van der Waals surface area contributed by atoms with E-state index in [9.17, 15) is 4.79 Å². The third-order valence-electron chi connectivity index (χ3n) is 5.02. The van der Waals surface area contributed by atoms with Gasteiger partial charge in [0.15, 0.2) is 21.3 Å². The molecular formula is C23H21N7OS3. The number of amidine groups is 1. The number of fused-ring (bicyclic) bond motifs is 1. The van der Waals surface area contributed by atoms with Crippen molar-refractivity contribution in [3.63, 3.8) is 0 Å². The molecule has 0 unspecified atom stereocenters. The molecule has 1 N–H and O–H groups in total. The Morgan fingerprint density at radius 1 is 1.15 bits per heavy atom. The second-order valence-electron chi connectivity index (χ2n) is 7.36. The van der Waals surface area contributed by atoms with Crippen molar-refractivity contribution in [2.24, 2.45) is 10.2 Å². The van der Waals surface area contributed by atoms with Crippen LogP contribution in [-0.2, 0) is 4.79 Å². The van der Waals surface area contributed by atoms with Gasteiger partial charge in [-0.05, 0) is 37.4 Å². The van der Waals surface area contributed by atoms with Crippen molar-refractivity contribution in [2.45, 2.75) is 12.1 Å². The first kappa shape index (κ1) is 22.6. The molecule has 1 saturated heterocycles. The maximum Gasteiger partial charge on any atom is 0.243 e. The summed E-state index contributed by atoms with van der Waals surface area (Å²) in [5.74, 6) is 1.20. The summed E-state index contributed by atoms with van der Waals surface area (Å²) in [4.78, 5) is 23.4. The molecule has 0 spiro atoms. The largest absolute Gasteiger partial charge is 0.356 e. The zero-order valence-electron chi connectivity index (χ0n) is 18.5. The van der Waals surface area contributed by atoms with Crippen molar-refractivity contribution in [1.82, 2.24) is 14.5 Å². The van der Waals surface area contributed by atoms with Gasteiger partial charge < -0.3 is 5.32 Å². The van der Waals surface area contributed by atoms with Gasteiger partial charge in [0.2, 0.25) is 5.91 Å². The minimum atomic E-state index is 0.00730. The number of nitrogens with zero attached hydrogens (tertiary/aromatic N) is 6. The fourth-order valence-corrected chi connectivity index (χ4v) is 5.50. The van der Waals surface area contributed by atoms with E-state index in [1.165, 1.54) is 23.1 Å². The third kappa shape index (κ3) is 4.59. The average molecular weight is 508 g/mol. The molecule has 1 aliphatic rings. The quantitative estimate of drug-likeness (QED) is 0.212. The average Bonchev–Trinajstić information content (AvgIpc) is 3.58. The predicted molar refractivity (Wildman–Crippen MR) is 144 cm³/mol. The maximum atomic E-state index is 12.3. The van der Waals surface area contributed by atoms with E-state index in [4.69, 9.17) is 9.97 Å². The number of hydrogen-bond acceptors (Lipinski definition) is 9. The summed E-state index contributed by atoms with van der Waals surface area (Å²) < 4.78 is 2.07. The molecule has 3 heterocycles. The number of imidazole rings is 1. The van der Waals surface area contributed by atoms with Crippen LogP contribution in [0.25, 0.3) is 16.9 Å². The molecule has 1 fully saturated rings. The van der Waals surface area contributed by atoms with Gasteiger partial charge in [-0.2, -0.15) is 5.10 Å². The molecule has 0 atom stereocenters. The van der Waals surface area contributed by atoms with Crippen LogP contribution >= 0.6 is 34.9 Å². The highest BCUT2D eigenvalue weighted by atomic mass is 32.2. The first-order chi connectivity index (χ1) is 16.6. The van der Waals surface area contributed by atoms with Gasteiger partial charge in [-0.15, -0.1) is 16.4 Å². The molecular weight excluding hydrogens is 487 g/mol. The molecule has 1 aliphatic heterocycles. The fourth-order valence-electron chi connectivity index (χ4n) is 3.45. The van der Waals surface area contributed by atoms with E-state index in [-0.39, 0.29) is 5.91 Å². The van der Waals surface area contributed by atoms with Gasteiger partial charge in [0, 0.05) is 5.38 Å². The highest BCUT2D eigenvalue weighted by Crippen LogP contribution is 2.29. The lowest BCUT2D eigenvalue weighted by molar-refractivity contribution is -0.115. The highest BCUT2D eigenvalue weighted by molar-refractivity contribution is 8.15. The zero-order valence-corrected chi connectivity index (χ0v) is 21.0. The second kappa shape index (κ2) is 10.00. The molecule has 2 aromatic carbocycles. The van der Waals surface area contributed by atoms with Crippen LogP contribution in [0.3, 0.4) is 0 Å². The lowest BCUT2D eigenvalue weighted by atomic mass is 10.3. The Labute approximate surface area is 209 Å². The summed E-state index contributed by atoms with van der Waals surface area (Å²) in [6.07, 6.45) is 2.01. The maximum absolute atomic E-state index is 12.3. The van der Waals surface area contributed by atoms with E-state index in [0.717, 1.165) is 38.5 Å². The number of carbonyl (C=O) groups is 1. The number of hydrogen-bond donors (Lipinski definition) is 1. The van der Waals surface area contributed by atoms with Crippen LogP contribution in [0.5, 0.6) is 0 Å². The molecule has 34 heavy (non-hydrogen) atoms. The molecule has 2 aromatic heterocycles. The van der Waals surface area contributed by atoms with Gasteiger partial charge in [-0.3, -0.25) is 14.3 Å². The lowest BCUT2D eigenvalue weighted by Gasteiger charge is -2.14. The van der Waals surface area contributed by atoms with E-state index in [1.54, 1.807) is 16.7 Å². The van der Waals surface area contributed by atoms with Gasteiger partial charge >= 0.3 is 0 Å². The molecule has 4 aromatic rings. The number of amides is 1. The van der Waals surface area contributed by atoms with Crippen LogP contribution in [0.1, 0.15) is 6.92 Å². The standard InChI is InChI=1S/C23H21N7OS3/c1-15(27-28-23-29(20(31)14-34-23)16-8-4-3-5-9-16)12-24-21-26-19(13-33-21)30-18-11-7-6-10-17(18)25-22(30)32-2/h3-11,13H,12,14H2,1-2H3,(H,24,26)/b27-15+,28-23+. The van der Waals surface area contributed by atoms with Gasteiger partial charge in [-0.25, -0.2) is 9.97 Å². The van der Waals surface area contributed by atoms with Gasteiger partial charge in [-0.1, -0.05) is 53.9 Å². The molecule has 5 rings (SSSR count). The van der Waals surface area contributed by atoms with E-state index in [1.807, 2.05) is 67.1 Å². The van der Waals surface area contributed by atoms with E-state index < -0.39 is 0 Å². The number of para-hydroxylation sites is 3. The van der Waals surface area contributed by atoms with Crippen LogP contribution in [0.2, 0.25) is 0 Å². The SMILES string of the molecule is CSc1nc2ccccc2n1-c1csc(NC/C(C)=N/N=C2/SCC(=O)N2c2ccccc2)n1. The second-order valence-corrected chi connectivity index (χ2v) is 9.93. The zero-order chi connectivity index (χ0) is 23.5. The number of anilines is 2. The number of thioether (sulfide) groups is 2. The predicted octanol–water partition coefficient (Wildman–Crippen LogP) is 5.13. The van der Waals surface area contributed by atoms with Crippen molar-refractivity contribution >= 4 is 73.5 Å². The Morgan fingerprint density at radius 3 is 2.76 bits per heavy atom. The summed E-state index contributed by atoms with van der Waals surface area (Å²) in [7, 11) is 0. The molecule has 11 heteroatoms. The summed E-state index contributed by atoms with van der Waals surface area (Å²) in [5.41, 5.74) is 3.57. The number of thiazole rings is 1. The highest BCUT2D eigenvalue weighted by Gasteiger charge is 2.29. The van der Waals surface area contributed by atoms with Crippen LogP contribution in [0.15, 0.2) is 75.3 Å². The monoisotopic (exact) mass is 507 g/mol. The minimum absolute atomic E-state index is 0.00730. The third-order valence-corrected chi connectivity index (χ3v) is 7.36. The number of aromatic nitrogens is 3. The first-order valence-electron chi connectivity index (χ1n) is 10.5. The first-order valence-corrected chi connectivity index (χ1v) is 13.6. The number of benzene rings is 2. The Morgan fingerprint density at radius 2 is 1.94 bits per heavy atom. The van der Waals surface area contributed by atoms with Crippen LogP contribution < -0.4 is 10.2 Å². The van der Waals surface area contributed by atoms with Gasteiger partial charge in [0.05, 0.1) is 34.7 Å². The molecule has 172 valence electrons. The molecule has 8 nitrogen and oxygen atoms in total. The lowest BCUT2D eigenvalue weighted by Crippen LogP contribution is -2.29.